The number of hydrogen-bond donors (Lipinski definition) is 3. The molecule has 1 aromatic rings. The first-order valence-corrected chi connectivity index (χ1v) is 9.00. The fourth-order valence-electron chi connectivity index (χ4n) is 1.99. The molecule has 0 bridgehead atoms. The third-order valence-electron chi connectivity index (χ3n) is 3.02. The van der Waals surface area contributed by atoms with Crippen molar-refractivity contribution < 1.29 is 22.7 Å². The molecule has 1 aromatic carbocycles. The molecule has 1 amide bonds. The average molecular weight is 359 g/mol. The van der Waals surface area contributed by atoms with Gasteiger partial charge in [0.25, 0.3) is 10.2 Å². The van der Waals surface area contributed by atoms with E-state index < -0.39 is 16.1 Å². The maximum Gasteiger partial charge on any atom is 0.277 e. The molecule has 0 heterocycles. The van der Waals surface area contributed by atoms with Crippen LogP contribution >= 0.6 is 0 Å². The minimum atomic E-state index is -3.67. The van der Waals surface area contributed by atoms with Gasteiger partial charge in [-0.25, -0.2) is 0 Å². The SMILES string of the molecule is COc1ccc(OC)c(CCNC(=O)CNS(=O)(=O)NC(C)C)c1. The number of benzene rings is 1. The molecule has 8 nitrogen and oxygen atoms in total. The molecule has 0 aromatic heterocycles. The van der Waals surface area contributed by atoms with Crippen LogP contribution in [0.4, 0.5) is 0 Å². The molecule has 0 radical (unpaired) electrons. The lowest BCUT2D eigenvalue weighted by atomic mass is 10.1. The van der Waals surface area contributed by atoms with Crippen LogP contribution in [0.15, 0.2) is 18.2 Å². The van der Waals surface area contributed by atoms with Gasteiger partial charge in [0.1, 0.15) is 11.5 Å². The van der Waals surface area contributed by atoms with Gasteiger partial charge in [0, 0.05) is 12.6 Å². The van der Waals surface area contributed by atoms with E-state index in [2.05, 4.69) is 14.8 Å². The summed E-state index contributed by atoms with van der Waals surface area (Å²) >= 11 is 0. The van der Waals surface area contributed by atoms with Crippen molar-refractivity contribution in [2.75, 3.05) is 27.3 Å². The molecule has 0 spiro atoms. The number of methoxy groups -OCH3 is 2. The normalized spacial score (nSPS) is 11.4. The number of carbonyl (C=O) groups is 1. The molecule has 24 heavy (non-hydrogen) atoms. The molecular weight excluding hydrogens is 334 g/mol. The van der Waals surface area contributed by atoms with Gasteiger partial charge in [0.2, 0.25) is 5.91 Å². The zero-order valence-electron chi connectivity index (χ0n) is 14.4. The van der Waals surface area contributed by atoms with Gasteiger partial charge in [-0.3, -0.25) is 4.79 Å². The zero-order valence-corrected chi connectivity index (χ0v) is 15.2. The second kappa shape index (κ2) is 9.45. The van der Waals surface area contributed by atoms with Crippen LogP contribution in [0.1, 0.15) is 19.4 Å². The van der Waals surface area contributed by atoms with E-state index in [0.717, 1.165) is 5.56 Å². The highest BCUT2D eigenvalue weighted by Crippen LogP contribution is 2.23. The van der Waals surface area contributed by atoms with Crippen LogP contribution in [0.25, 0.3) is 0 Å². The summed E-state index contributed by atoms with van der Waals surface area (Å²) in [6.07, 6.45) is 0.531. The molecule has 0 unspecified atom stereocenters. The van der Waals surface area contributed by atoms with Crippen molar-refractivity contribution in [2.24, 2.45) is 0 Å². The van der Waals surface area contributed by atoms with Gasteiger partial charge in [-0.15, -0.1) is 0 Å². The zero-order chi connectivity index (χ0) is 18.2. The molecule has 3 N–H and O–H groups in total. The van der Waals surface area contributed by atoms with Crippen molar-refractivity contribution in [1.29, 1.82) is 0 Å². The molecule has 0 fully saturated rings. The Morgan fingerprint density at radius 2 is 1.92 bits per heavy atom. The molecular formula is C15H25N3O5S. The van der Waals surface area contributed by atoms with E-state index in [-0.39, 0.29) is 12.6 Å². The van der Waals surface area contributed by atoms with Crippen molar-refractivity contribution in [3.8, 4) is 11.5 Å². The smallest absolute Gasteiger partial charge is 0.277 e. The Hall–Kier alpha value is -1.84. The summed E-state index contributed by atoms with van der Waals surface area (Å²) in [5, 5.41) is 2.66. The van der Waals surface area contributed by atoms with Crippen molar-refractivity contribution in [1.82, 2.24) is 14.8 Å². The summed E-state index contributed by atoms with van der Waals surface area (Å²) in [4.78, 5) is 11.7. The number of ether oxygens (including phenoxy) is 2. The maximum absolute atomic E-state index is 11.7. The second-order valence-electron chi connectivity index (χ2n) is 5.37. The summed E-state index contributed by atoms with van der Waals surface area (Å²) in [6, 6.07) is 5.17. The highest BCUT2D eigenvalue weighted by atomic mass is 32.2. The van der Waals surface area contributed by atoms with Crippen molar-refractivity contribution >= 4 is 16.1 Å². The maximum atomic E-state index is 11.7. The van der Waals surface area contributed by atoms with Crippen molar-refractivity contribution in [3.63, 3.8) is 0 Å². The Morgan fingerprint density at radius 1 is 1.21 bits per heavy atom. The van der Waals surface area contributed by atoms with E-state index in [4.69, 9.17) is 9.47 Å². The molecule has 9 heteroatoms. The molecule has 0 aliphatic rings. The van der Waals surface area contributed by atoms with Gasteiger partial charge < -0.3 is 14.8 Å². The second-order valence-corrected chi connectivity index (χ2v) is 6.91. The predicted molar refractivity (Wildman–Crippen MR) is 91.5 cm³/mol. The number of rotatable bonds is 10. The van der Waals surface area contributed by atoms with E-state index in [1.807, 2.05) is 6.07 Å². The third kappa shape index (κ3) is 7.16. The summed E-state index contributed by atoms with van der Waals surface area (Å²) in [5.74, 6) is 0.988. The highest BCUT2D eigenvalue weighted by molar-refractivity contribution is 7.87. The van der Waals surface area contributed by atoms with Gasteiger partial charge in [0.05, 0.1) is 20.8 Å². The lowest BCUT2D eigenvalue weighted by Crippen LogP contribution is -2.44. The first-order valence-electron chi connectivity index (χ1n) is 7.52. The van der Waals surface area contributed by atoms with E-state index in [1.54, 1.807) is 40.2 Å². The first kappa shape index (κ1) is 20.2. The van der Waals surface area contributed by atoms with Gasteiger partial charge >= 0.3 is 0 Å². The molecule has 0 aliphatic carbocycles. The van der Waals surface area contributed by atoms with Gasteiger partial charge in [0.15, 0.2) is 0 Å². The van der Waals surface area contributed by atoms with Gasteiger partial charge in [-0.05, 0) is 44.0 Å². The molecule has 0 saturated heterocycles. The fraction of sp³-hybridized carbons (Fsp3) is 0.533. The predicted octanol–water partition coefficient (Wildman–Crippen LogP) is 0.195. The van der Waals surface area contributed by atoms with Crippen molar-refractivity contribution in [3.05, 3.63) is 23.8 Å². The first-order chi connectivity index (χ1) is 11.3. The van der Waals surface area contributed by atoms with Gasteiger partial charge in [-0.2, -0.15) is 17.9 Å². The summed E-state index contributed by atoms with van der Waals surface area (Å²) < 4.78 is 38.1. The lowest BCUT2D eigenvalue weighted by Gasteiger charge is -2.12. The molecule has 1 rings (SSSR count). The van der Waals surface area contributed by atoms with Crippen LogP contribution in [0, 0.1) is 0 Å². The topological polar surface area (TPSA) is 106 Å². The minimum absolute atomic E-state index is 0.244. The largest absolute Gasteiger partial charge is 0.497 e. The van der Waals surface area contributed by atoms with Crippen LogP contribution < -0.4 is 24.2 Å². The molecule has 0 aliphatic heterocycles. The van der Waals surface area contributed by atoms with Crippen LogP contribution in [0.2, 0.25) is 0 Å². The summed E-state index contributed by atoms with van der Waals surface area (Å²) in [5.41, 5.74) is 0.888. The van der Waals surface area contributed by atoms with Crippen molar-refractivity contribution in [2.45, 2.75) is 26.3 Å². The minimum Gasteiger partial charge on any atom is -0.497 e. The van der Waals surface area contributed by atoms with Crippen LogP contribution in [0.5, 0.6) is 11.5 Å². The van der Waals surface area contributed by atoms with Crippen LogP contribution in [0.3, 0.4) is 0 Å². The standard InChI is InChI=1S/C15H25N3O5S/c1-11(2)18-24(20,21)17-10-15(19)16-8-7-12-9-13(22-3)5-6-14(12)23-4/h5-6,9,11,17-18H,7-8,10H2,1-4H3,(H,16,19). The van der Waals surface area contributed by atoms with E-state index in [0.29, 0.717) is 24.5 Å². The Labute approximate surface area is 143 Å². The molecule has 0 saturated carbocycles. The average Bonchev–Trinajstić information content (AvgIpc) is 2.51. The van der Waals surface area contributed by atoms with Gasteiger partial charge in [-0.1, -0.05) is 0 Å². The Balaban J connectivity index is 2.46. The quantitative estimate of drug-likeness (QED) is 0.553. The summed E-state index contributed by atoms with van der Waals surface area (Å²) in [7, 11) is -0.526. The van der Waals surface area contributed by atoms with E-state index in [1.165, 1.54) is 0 Å². The number of carbonyl (C=O) groups excluding carboxylic acids is 1. The van der Waals surface area contributed by atoms with Crippen LogP contribution in [-0.4, -0.2) is 47.7 Å². The van der Waals surface area contributed by atoms with E-state index in [9.17, 15) is 13.2 Å². The molecule has 136 valence electrons. The number of hydrogen-bond acceptors (Lipinski definition) is 5. The Morgan fingerprint density at radius 3 is 2.50 bits per heavy atom. The summed E-state index contributed by atoms with van der Waals surface area (Å²) in [6.45, 7) is 3.42. The molecule has 0 atom stereocenters. The monoisotopic (exact) mass is 359 g/mol. The fourth-order valence-corrected chi connectivity index (χ4v) is 3.01. The number of amides is 1. The third-order valence-corrected chi connectivity index (χ3v) is 4.32. The number of nitrogens with one attached hydrogen (secondary N) is 3. The highest BCUT2D eigenvalue weighted by Gasteiger charge is 2.13. The lowest BCUT2D eigenvalue weighted by molar-refractivity contribution is -0.119. The van der Waals surface area contributed by atoms with Crippen LogP contribution in [-0.2, 0) is 21.4 Å². The Kier molecular flexibility index (Phi) is 7.96. The Bertz CT molecular complexity index is 647. The van der Waals surface area contributed by atoms with E-state index >= 15 is 0 Å².